The highest BCUT2D eigenvalue weighted by Crippen LogP contribution is 2.35. The van der Waals surface area contributed by atoms with E-state index in [0.717, 1.165) is 11.0 Å². The van der Waals surface area contributed by atoms with Gasteiger partial charge in [0.15, 0.2) is 5.65 Å². The minimum Gasteiger partial charge on any atom is -0.339 e. The van der Waals surface area contributed by atoms with E-state index in [9.17, 15) is 4.79 Å². The van der Waals surface area contributed by atoms with Crippen LogP contribution in [0.4, 0.5) is 0 Å². The van der Waals surface area contributed by atoms with Gasteiger partial charge >= 0.3 is 0 Å². The van der Waals surface area contributed by atoms with Crippen molar-refractivity contribution in [1.29, 1.82) is 0 Å². The summed E-state index contributed by atoms with van der Waals surface area (Å²) in [4.78, 5) is 18.8. The molecule has 5 heteroatoms. The maximum atomic E-state index is 12.6. The number of carbonyl (C=O) groups is 1. The lowest BCUT2D eigenvalue weighted by Gasteiger charge is -2.24. The summed E-state index contributed by atoms with van der Waals surface area (Å²) < 4.78 is 1.88. The Labute approximate surface area is 125 Å². The van der Waals surface area contributed by atoms with Crippen LogP contribution in [0.15, 0.2) is 18.5 Å². The first-order valence-corrected chi connectivity index (χ1v) is 7.59. The second kappa shape index (κ2) is 5.13. The molecule has 2 aromatic heterocycles. The van der Waals surface area contributed by atoms with Gasteiger partial charge in [-0.05, 0) is 45.6 Å². The van der Waals surface area contributed by atoms with Crippen LogP contribution in [0.2, 0.25) is 0 Å². The van der Waals surface area contributed by atoms with E-state index in [2.05, 4.69) is 30.9 Å². The molecule has 0 N–H and O–H groups in total. The topological polar surface area (TPSA) is 51.0 Å². The largest absolute Gasteiger partial charge is 0.339 e. The highest BCUT2D eigenvalue weighted by Gasteiger charge is 2.32. The third-order valence-electron chi connectivity index (χ3n) is 4.40. The molecule has 3 rings (SSSR count). The van der Waals surface area contributed by atoms with Gasteiger partial charge in [0.05, 0.1) is 11.8 Å². The Morgan fingerprint density at radius 1 is 1.33 bits per heavy atom. The molecule has 1 fully saturated rings. The summed E-state index contributed by atoms with van der Waals surface area (Å²) in [6.45, 7) is 6.26. The summed E-state index contributed by atoms with van der Waals surface area (Å²) in [5.74, 6) is 0.709. The maximum absolute atomic E-state index is 12.6. The van der Waals surface area contributed by atoms with Gasteiger partial charge in [0, 0.05) is 30.7 Å². The molecule has 0 spiro atoms. The quantitative estimate of drug-likeness (QED) is 0.868. The predicted molar refractivity (Wildman–Crippen MR) is 82.2 cm³/mol. The van der Waals surface area contributed by atoms with Gasteiger partial charge in [-0.1, -0.05) is 0 Å². The lowest BCUT2D eigenvalue weighted by atomic mass is 10.1. The zero-order valence-electron chi connectivity index (χ0n) is 13.1. The maximum Gasteiger partial charge on any atom is 0.255 e. The number of rotatable bonds is 4. The van der Waals surface area contributed by atoms with Crippen LogP contribution < -0.4 is 0 Å². The molecule has 0 aliphatic heterocycles. The molecule has 5 nitrogen and oxygen atoms in total. The number of hydrogen-bond acceptors (Lipinski definition) is 3. The molecule has 0 saturated heterocycles. The Morgan fingerprint density at radius 2 is 2.05 bits per heavy atom. The fraction of sp³-hybridized carbons (Fsp3) is 0.562. The average molecular weight is 286 g/mol. The summed E-state index contributed by atoms with van der Waals surface area (Å²) in [6.07, 6.45) is 5.92. The number of pyridine rings is 1. The Morgan fingerprint density at radius 3 is 2.67 bits per heavy atom. The summed E-state index contributed by atoms with van der Waals surface area (Å²) in [5.41, 5.74) is 1.47. The molecular formula is C16H22N4O. The Hall–Kier alpha value is -1.91. The second-order valence-electron chi connectivity index (χ2n) is 6.31. The van der Waals surface area contributed by atoms with E-state index >= 15 is 0 Å². The third-order valence-corrected chi connectivity index (χ3v) is 4.40. The zero-order valence-corrected chi connectivity index (χ0v) is 13.1. The normalized spacial score (nSPS) is 16.4. The summed E-state index contributed by atoms with van der Waals surface area (Å²) in [5, 5.41) is 5.26. The molecule has 1 atom stereocenters. The molecule has 0 bridgehead atoms. The molecule has 1 saturated carbocycles. The molecular weight excluding hydrogens is 264 g/mol. The van der Waals surface area contributed by atoms with E-state index in [4.69, 9.17) is 0 Å². The van der Waals surface area contributed by atoms with E-state index in [0.29, 0.717) is 17.5 Å². The third kappa shape index (κ3) is 2.52. The number of carbonyl (C=O) groups excluding carboxylic acids is 1. The molecule has 112 valence electrons. The number of aromatic nitrogens is 3. The van der Waals surface area contributed by atoms with Gasteiger partial charge in [-0.15, -0.1) is 0 Å². The van der Waals surface area contributed by atoms with Crippen molar-refractivity contribution >= 4 is 16.9 Å². The summed E-state index contributed by atoms with van der Waals surface area (Å²) in [7, 11) is 1.88. The van der Waals surface area contributed by atoms with Crippen LogP contribution in [0.1, 0.15) is 50.0 Å². The van der Waals surface area contributed by atoms with E-state index in [1.165, 1.54) is 12.8 Å². The van der Waals surface area contributed by atoms with E-state index < -0.39 is 0 Å². The average Bonchev–Trinajstić information content (AvgIpc) is 3.23. The van der Waals surface area contributed by atoms with Gasteiger partial charge in [-0.3, -0.25) is 4.79 Å². The molecule has 1 aliphatic carbocycles. The number of fused-ring (bicyclic) bond motifs is 1. The van der Waals surface area contributed by atoms with Crippen molar-refractivity contribution in [3.8, 4) is 0 Å². The first kappa shape index (κ1) is 14.0. The van der Waals surface area contributed by atoms with Gasteiger partial charge in [0.1, 0.15) is 0 Å². The van der Waals surface area contributed by atoms with Crippen LogP contribution in [0.3, 0.4) is 0 Å². The summed E-state index contributed by atoms with van der Waals surface area (Å²) >= 11 is 0. The van der Waals surface area contributed by atoms with Crippen molar-refractivity contribution in [2.75, 3.05) is 7.05 Å². The lowest BCUT2D eigenvalue weighted by molar-refractivity contribution is 0.0727. The number of amides is 1. The van der Waals surface area contributed by atoms with Crippen LogP contribution in [0.5, 0.6) is 0 Å². The van der Waals surface area contributed by atoms with Gasteiger partial charge in [0.2, 0.25) is 0 Å². The standard InChI is InChI=1S/C16H22N4O/c1-10(2)20-15-13(9-18-20)7-14(8-17-15)16(21)19(4)11(3)12-5-6-12/h7-12H,5-6H2,1-4H3. The van der Waals surface area contributed by atoms with Crippen LogP contribution in [0, 0.1) is 5.92 Å². The Bertz CT molecular complexity index is 672. The molecule has 2 heterocycles. The number of nitrogens with zero attached hydrogens (tertiary/aromatic N) is 4. The minimum atomic E-state index is 0.0427. The van der Waals surface area contributed by atoms with Crippen molar-refractivity contribution in [2.24, 2.45) is 5.92 Å². The molecule has 0 radical (unpaired) electrons. The minimum absolute atomic E-state index is 0.0427. The molecule has 2 aromatic rings. The van der Waals surface area contributed by atoms with E-state index in [1.54, 1.807) is 12.4 Å². The van der Waals surface area contributed by atoms with Crippen LogP contribution in [-0.2, 0) is 0 Å². The second-order valence-corrected chi connectivity index (χ2v) is 6.31. The monoisotopic (exact) mass is 286 g/mol. The van der Waals surface area contributed by atoms with Crippen LogP contribution in [-0.4, -0.2) is 38.7 Å². The fourth-order valence-electron chi connectivity index (χ4n) is 2.72. The fourth-order valence-corrected chi connectivity index (χ4v) is 2.72. The first-order valence-electron chi connectivity index (χ1n) is 7.59. The van der Waals surface area contributed by atoms with Gasteiger partial charge in [-0.2, -0.15) is 5.10 Å². The molecule has 1 amide bonds. The van der Waals surface area contributed by atoms with Crippen molar-refractivity contribution in [3.63, 3.8) is 0 Å². The molecule has 1 aliphatic rings. The zero-order chi connectivity index (χ0) is 15.1. The Kier molecular flexibility index (Phi) is 3.43. The van der Waals surface area contributed by atoms with Crippen molar-refractivity contribution < 1.29 is 4.79 Å². The number of hydrogen-bond donors (Lipinski definition) is 0. The highest BCUT2D eigenvalue weighted by molar-refractivity contribution is 5.96. The molecule has 0 aromatic carbocycles. The summed E-state index contributed by atoms with van der Waals surface area (Å²) in [6, 6.07) is 2.45. The van der Waals surface area contributed by atoms with Gasteiger partial charge in [0.25, 0.3) is 5.91 Å². The SMILES string of the molecule is CC(C1CC1)N(C)C(=O)c1cnc2c(cnn2C(C)C)c1. The van der Waals surface area contributed by atoms with E-state index in [-0.39, 0.29) is 11.9 Å². The van der Waals surface area contributed by atoms with E-state index in [1.807, 2.05) is 22.7 Å². The van der Waals surface area contributed by atoms with Crippen LogP contribution in [0.25, 0.3) is 11.0 Å². The molecule has 21 heavy (non-hydrogen) atoms. The van der Waals surface area contributed by atoms with Crippen LogP contribution >= 0.6 is 0 Å². The van der Waals surface area contributed by atoms with Crippen molar-refractivity contribution in [1.82, 2.24) is 19.7 Å². The highest BCUT2D eigenvalue weighted by atomic mass is 16.2. The van der Waals surface area contributed by atoms with Gasteiger partial charge < -0.3 is 4.90 Å². The van der Waals surface area contributed by atoms with Crippen molar-refractivity contribution in [2.45, 2.75) is 45.7 Å². The Balaban J connectivity index is 1.88. The first-order chi connectivity index (χ1) is 9.99. The van der Waals surface area contributed by atoms with Gasteiger partial charge in [-0.25, -0.2) is 9.67 Å². The lowest BCUT2D eigenvalue weighted by Crippen LogP contribution is -2.36. The smallest absolute Gasteiger partial charge is 0.255 e. The van der Waals surface area contributed by atoms with Crippen molar-refractivity contribution in [3.05, 3.63) is 24.0 Å². The molecule has 1 unspecified atom stereocenters. The predicted octanol–water partition coefficient (Wildman–Crippen LogP) is 2.88.